The second-order valence-corrected chi connectivity index (χ2v) is 14.5. The molecule has 1 aromatic carbocycles. The molecule has 202 valence electrons. The van der Waals surface area contributed by atoms with Crippen LogP contribution in [0.25, 0.3) is 0 Å². The molecule has 0 radical (unpaired) electrons. The molecule has 0 unspecified atom stereocenters. The van der Waals surface area contributed by atoms with Crippen LogP contribution in [-0.2, 0) is 29.9 Å². The summed E-state index contributed by atoms with van der Waals surface area (Å²) in [7, 11) is -1.89. The number of sulfone groups is 1. The van der Waals surface area contributed by atoms with Gasteiger partial charge in [0.15, 0.2) is 15.5 Å². The van der Waals surface area contributed by atoms with E-state index in [1.165, 1.54) is 4.68 Å². The smallest absolute Gasteiger partial charge is 0.272 e. The minimum atomic E-state index is -3.52. The molecule has 0 saturated heterocycles. The van der Waals surface area contributed by atoms with Gasteiger partial charge in [-0.15, -0.1) is 0 Å². The lowest BCUT2D eigenvalue weighted by Gasteiger charge is -2.35. The number of hydrogen-bond donors (Lipinski definition) is 2. The molecule has 0 spiro atoms. The highest BCUT2D eigenvalue weighted by Gasteiger charge is 2.60. The van der Waals surface area contributed by atoms with Crippen molar-refractivity contribution < 1.29 is 18.0 Å². The molecule has 1 atom stereocenters. The number of nitrogens with one attached hydrogen (secondary N) is 1. The predicted octanol–water partition coefficient (Wildman–Crippen LogP) is 2.86. The Balaban J connectivity index is 1.48. The van der Waals surface area contributed by atoms with Crippen LogP contribution in [0.1, 0.15) is 78.6 Å². The van der Waals surface area contributed by atoms with Gasteiger partial charge in [0.2, 0.25) is 0 Å². The van der Waals surface area contributed by atoms with E-state index in [0.29, 0.717) is 61.5 Å². The molecular formula is C26H36ClN5O4S. The Morgan fingerprint density at radius 3 is 2.51 bits per heavy atom. The molecule has 1 saturated carbocycles. The SMILES string of the molecule is C[C@H](N)CCC(C)(C)S(=O)(=O)C1(CN2CCc3c(C(=O)NCc4ccc(Cl)cc4)nn(C)c3C2=O)CC1. The minimum Gasteiger partial charge on any atom is -0.347 e. The first-order valence-electron chi connectivity index (χ1n) is 12.7. The molecule has 1 aromatic heterocycles. The number of rotatable bonds is 10. The summed E-state index contributed by atoms with van der Waals surface area (Å²) in [6, 6.07) is 7.10. The van der Waals surface area contributed by atoms with E-state index in [0.717, 1.165) is 5.56 Å². The van der Waals surface area contributed by atoms with Crippen LogP contribution >= 0.6 is 11.6 Å². The Kier molecular flexibility index (Phi) is 7.49. The van der Waals surface area contributed by atoms with Crippen LogP contribution in [0.2, 0.25) is 5.02 Å². The molecule has 1 aliphatic carbocycles. The Morgan fingerprint density at radius 2 is 1.92 bits per heavy atom. The number of nitrogens with zero attached hydrogens (tertiary/aromatic N) is 3. The number of carbonyl (C=O) groups is 2. The van der Waals surface area contributed by atoms with Crippen LogP contribution in [0, 0.1) is 0 Å². The average Bonchev–Trinajstić information content (AvgIpc) is 3.55. The summed E-state index contributed by atoms with van der Waals surface area (Å²) in [5.41, 5.74) is 7.94. The molecule has 37 heavy (non-hydrogen) atoms. The first-order chi connectivity index (χ1) is 17.3. The zero-order valence-electron chi connectivity index (χ0n) is 21.9. The Hall–Kier alpha value is -2.43. The van der Waals surface area contributed by atoms with Gasteiger partial charge >= 0.3 is 0 Å². The number of halogens is 1. The molecule has 2 aliphatic rings. The van der Waals surface area contributed by atoms with Crippen LogP contribution < -0.4 is 11.1 Å². The molecule has 1 fully saturated rings. The lowest BCUT2D eigenvalue weighted by molar-refractivity contribution is 0.0724. The lowest BCUT2D eigenvalue weighted by Crippen LogP contribution is -2.50. The zero-order chi connectivity index (χ0) is 27.2. The van der Waals surface area contributed by atoms with Crippen molar-refractivity contribution in [1.29, 1.82) is 0 Å². The summed E-state index contributed by atoms with van der Waals surface area (Å²) in [5, 5.41) is 7.83. The van der Waals surface area contributed by atoms with E-state index in [-0.39, 0.29) is 30.1 Å². The van der Waals surface area contributed by atoms with Crippen molar-refractivity contribution in [3.63, 3.8) is 0 Å². The fraction of sp³-hybridized carbons (Fsp3) is 0.577. The van der Waals surface area contributed by atoms with Crippen molar-refractivity contribution in [2.75, 3.05) is 13.1 Å². The van der Waals surface area contributed by atoms with E-state index in [1.54, 1.807) is 37.9 Å². The average molecular weight is 550 g/mol. The van der Waals surface area contributed by atoms with Gasteiger partial charge in [-0.2, -0.15) is 5.10 Å². The molecule has 2 amide bonds. The van der Waals surface area contributed by atoms with Gasteiger partial charge in [0.05, 0.1) is 9.49 Å². The van der Waals surface area contributed by atoms with Crippen molar-refractivity contribution in [1.82, 2.24) is 20.0 Å². The molecule has 0 bridgehead atoms. The summed E-state index contributed by atoms with van der Waals surface area (Å²) in [5.74, 6) is -0.645. The predicted molar refractivity (Wildman–Crippen MR) is 143 cm³/mol. The van der Waals surface area contributed by atoms with Gasteiger partial charge in [-0.05, 0) is 70.6 Å². The maximum Gasteiger partial charge on any atom is 0.272 e. The summed E-state index contributed by atoms with van der Waals surface area (Å²) < 4.78 is 26.9. The van der Waals surface area contributed by atoms with Crippen LogP contribution in [0.3, 0.4) is 0 Å². The van der Waals surface area contributed by atoms with E-state index >= 15 is 0 Å². The number of fused-ring (bicyclic) bond motifs is 1. The second kappa shape index (κ2) is 10.0. The highest BCUT2D eigenvalue weighted by atomic mass is 35.5. The first-order valence-corrected chi connectivity index (χ1v) is 14.5. The zero-order valence-corrected chi connectivity index (χ0v) is 23.5. The highest BCUT2D eigenvalue weighted by molar-refractivity contribution is 7.94. The molecular weight excluding hydrogens is 514 g/mol. The number of hydrogen-bond acceptors (Lipinski definition) is 6. The maximum atomic E-state index is 13.7. The van der Waals surface area contributed by atoms with Gasteiger partial charge in [0.25, 0.3) is 11.8 Å². The molecule has 2 heterocycles. The highest BCUT2D eigenvalue weighted by Crippen LogP contribution is 2.50. The Morgan fingerprint density at radius 1 is 1.27 bits per heavy atom. The van der Waals surface area contributed by atoms with Crippen molar-refractivity contribution in [3.05, 3.63) is 51.8 Å². The van der Waals surface area contributed by atoms with Crippen molar-refractivity contribution >= 4 is 33.3 Å². The number of nitrogens with two attached hydrogens (primary N) is 1. The topological polar surface area (TPSA) is 127 Å². The third kappa shape index (κ3) is 5.28. The maximum absolute atomic E-state index is 13.7. The van der Waals surface area contributed by atoms with Gasteiger partial charge in [-0.25, -0.2) is 8.42 Å². The molecule has 9 nitrogen and oxygen atoms in total. The summed E-state index contributed by atoms with van der Waals surface area (Å²) in [6.45, 7) is 6.19. The van der Waals surface area contributed by atoms with Crippen LogP contribution in [0.15, 0.2) is 24.3 Å². The molecule has 11 heteroatoms. The van der Waals surface area contributed by atoms with Crippen LogP contribution in [0.5, 0.6) is 0 Å². The molecule has 2 aromatic rings. The van der Waals surface area contributed by atoms with E-state index in [9.17, 15) is 18.0 Å². The van der Waals surface area contributed by atoms with Gasteiger partial charge in [0, 0.05) is 43.3 Å². The van der Waals surface area contributed by atoms with E-state index in [4.69, 9.17) is 17.3 Å². The lowest BCUT2D eigenvalue weighted by atomic mass is 10.0. The molecule has 1 aliphatic heterocycles. The number of benzene rings is 1. The van der Waals surface area contributed by atoms with Crippen molar-refractivity contribution in [2.45, 2.75) is 75.0 Å². The summed E-state index contributed by atoms with van der Waals surface area (Å²) >= 11 is 5.92. The van der Waals surface area contributed by atoms with Crippen molar-refractivity contribution in [3.8, 4) is 0 Å². The standard InChI is InChI=1S/C26H36ClN5O4S/c1-17(28)9-11-25(2,3)37(35,36)26(12-13-26)16-32-14-10-20-21(30-31(4)22(20)24(32)34)23(33)29-15-18-5-7-19(27)8-6-18/h5-8,17H,9-16,28H2,1-4H3,(H,29,33)/t17-/m0/s1. The number of amides is 2. The second-order valence-electron chi connectivity index (χ2n) is 11.0. The third-order valence-corrected chi connectivity index (χ3v) is 11.2. The van der Waals surface area contributed by atoms with Crippen LogP contribution in [-0.4, -0.2) is 63.5 Å². The summed E-state index contributed by atoms with van der Waals surface area (Å²) in [4.78, 5) is 28.0. The molecule has 3 N–H and O–H groups in total. The normalized spacial score (nSPS) is 17.9. The van der Waals surface area contributed by atoms with Crippen molar-refractivity contribution in [2.24, 2.45) is 12.8 Å². The fourth-order valence-electron chi connectivity index (χ4n) is 5.07. The van der Waals surface area contributed by atoms with E-state index in [1.807, 2.05) is 19.1 Å². The Labute approximate surface area is 223 Å². The number of carbonyl (C=O) groups excluding carboxylic acids is 2. The number of aryl methyl sites for hydroxylation is 1. The van der Waals surface area contributed by atoms with E-state index in [2.05, 4.69) is 10.4 Å². The fourth-order valence-corrected chi connectivity index (χ4v) is 7.72. The number of aromatic nitrogens is 2. The van der Waals surface area contributed by atoms with Gasteiger partial charge in [-0.3, -0.25) is 14.3 Å². The van der Waals surface area contributed by atoms with Gasteiger partial charge in [-0.1, -0.05) is 23.7 Å². The monoisotopic (exact) mass is 549 g/mol. The quantitative estimate of drug-likeness (QED) is 0.469. The minimum absolute atomic E-state index is 0.0749. The van der Waals surface area contributed by atoms with Gasteiger partial charge in [0.1, 0.15) is 5.69 Å². The summed E-state index contributed by atoms with van der Waals surface area (Å²) in [6.07, 6.45) is 2.60. The third-order valence-electron chi connectivity index (χ3n) is 7.63. The largest absolute Gasteiger partial charge is 0.347 e. The first kappa shape index (κ1) is 27.6. The molecule has 4 rings (SSSR count). The Bertz CT molecular complexity index is 1300. The van der Waals surface area contributed by atoms with Gasteiger partial charge < -0.3 is 16.0 Å². The van der Waals surface area contributed by atoms with Crippen LogP contribution in [0.4, 0.5) is 0 Å². The van der Waals surface area contributed by atoms with E-state index < -0.39 is 19.3 Å².